The smallest absolute Gasteiger partial charge is 0.325 e. The first-order valence-electron chi connectivity index (χ1n) is 20.2. The van der Waals surface area contributed by atoms with Gasteiger partial charge in [0.2, 0.25) is 29.5 Å². The number of nitrogens with two attached hydrogens (primary N) is 2. The van der Waals surface area contributed by atoms with Crippen LogP contribution in [0.2, 0.25) is 0 Å². The molecule has 9 N–H and O–H groups in total. The van der Waals surface area contributed by atoms with Gasteiger partial charge in [-0.2, -0.15) is 0 Å². The minimum Gasteiger partial charge on any atom is -0.469 e. The van der Waals surface area contributed by atoms with Gasteiger partial charge in [-0.25, -0.2) is 0 Å². The van der Waals surface area contributed by atoms with Crippen molar-refractivity contribution in [3.05, 3.63) is 0 Å². The number of hydrogen-bond acceptors (Lipinski definition) is 14. The van der Waals surface area contributed by atoms with Crippen molar-refractivity contribution in [3.63, 3.8) is 0 Å². The molecule has 0 aromatic carbocycles. The van der Waals surface area contributed by atoms with Crippen LogP contribution in [0.1, 0.15) is 124 Å². The highest BCUT2D eigenvalue weighted by molar-refractivity contribution is 8.76. The molecule has 0 aromatic heterocycles. The number of esters is 2. The molecule has 0 aliphatic heterocycles. The second-order valence-corrected chi connectivity index (χ2v) is 16.1. The van der Waals surface area contributed by atoms with Crippen LogP contribution in [0.3, 0.4) is 0 Å². The summed E-state index contributed by atoms with van der Waals surface area (Å²) in [5.74, 6) is -4.10. The van der Waals surface area contributed by atoms with Crippen LogP contribution in [0, 0.1) is 0 Å². The summed E-state index contributed by atoms with van der Waals surface area (Å²) in [6.07, 6.45) is 9.80. The lowest BCUT2D eigenvalue weighted by molar-refractivity contribution is -0.143. The second kappa shape index (κ2) is 34.6. The van der Waals surface area contributed by atoms with E-state index in [4.69, 9.17) is 16.2 Å². The van der Waals surface area contributed by atoms with E-state index >= 15 is 0 Å². The predicted molar refractivity (Wildman–Crippen MR) is 223 cm³/mol. The molecular formula is C38H69N7O10S2. The number of amides is 5. The molecule has 328 valence electrons. The van der Waals surface area contributed by atoms with Crippen molar-refractivity contribution >= 4 is 68.8 Å². The van der Waals surface area contributed by atoms with E-state index in [-0.39, 0.29) is 68.5 Å². The number of ether oxygens (including phenoxy) is 2. The number of ketones is 1. The summed E-state index contributed by atoms with van der Waals surface area (Å²) in [7, 11) is 3.46. The maximum absolute atomic E-state index is 13.1. The Hall–Kier alpha value is -3.42. The Morgan fingerprint density at radius 1 is 0.561 bits per heavy atom. The lowest BCUT2D eigenvalue weighted by Crippen LogP contribution is -2.50. The van der Waals surface area contributed by atoms with Gasteiger partial charge in [0.15, 0.2) is 5.78 Å². The molecule has 0 saturated heterocycles. The Morgan fingerprint density at radius 2 is 1.04 bits per heavy atom. The summed E-state index contributed by atoms with van der Waals surface area (Å²) in [5, 5.41) is 13.3. The van der Waals surface area contributed by atoms with Crippen LogP contribution in [0.15, 0.2) is 0 Å². The third kappa shape index (κ3) is 28.6. The van der Waals surface area contributed by atoms with Crippen molar-refractivity contribution in [3.8, 4) is 0 Å². The SMILES string of the molecule is CCCCCCCNC(=O)C(N)CCC(=O)NC(CSSCC(NC(=O)CCC(N)C(=O)NCCCCCCC)C(=O)NCC(=O)OCC)C(=O)CCC(=O)OC. The van der Waals surface area contributed by atoms with Crippen LogP contribution in [0.5, 0.6) is 0 Å². The van der Waals surface area contributed by atoms with E-state index in [2.05, 4.69) is 45.2 Å². The molecule has 0 rings (SSSR count). The van der Waals surface area contributed by atoms with Gasteiger partial charge in [-0.3, -0.25) is 38.4 Å². The van der Waals surface area contributed by atoms with Gasteiger partial charge >= 0.3 is 11.9 Å². The van der Waals surface area contributed by atoms with Crippen molar-refractivity contribution < 1.29 is 47.8 Å². The minimum absolute atomic E-state index is 0.00474. The van der Waals surface area contributed by atoms with Crippen LogP contribution in [0.4, 0.5) is 0 Å². The molecule has 0 radical (unpaired) electrons. The molecule has 4 atom stereocenters. The zero-order chi connectivity index (χ0) is 42.8. The van der Waals surface area contributed by atoms with Gasteiger partial charge in [-0.1, -0.05) is 86.8 Å². The van der Waals surface area contributed by atoms with Crippen LogP contribution >= 0.6 is 21.6 Å². The lowest BCUT2D eigenvalue weighted by Gasteiger charge is -2.20. The van der Waals surface area contributed by atoms with Crippen LogP contribution in [0.25, 0.3) is 0 Å². The molecular weight excluding hydrogens is 779 g/mol. The number of rotatable bonds is 35. The molecule has 5 amide bonds. The Morgan fingerprint density at radius 3 is 1.51 bits per heavy atom. The topological polar surface area (TPSA) is 267 Å². The van der Waals surface area contributed by atoms with Crippen LogP contribution in [-0.2, 0) is 47.8 Å². The van der Waals surface area contributed by atoms with E-state index in [1.165, 1.54) is 7.11 Å². The molecule has 0 fully saturated rings. The number of unbranched alkanes of at least 4 members (excludes halogenated alkanes) is 8. The quantitative estimate of drug-likeness (QED) is 0.0273. The molecule has 0 saturated carbocycles. The van der Waals surface area contributed by atoms with Crippen molar-refractivity contribution in [2.24, 2.45) is 11.5 Å². The van der Waals surface area contributed by atoms with Gasteiger partial charge in [0.05, 0.1) is 38.3 Å². The van der Waals surface area contributed by atoms with Crippen LogP contribution in [-0.4, -0.2) is 116 Å². The number of methoxy groups -OCH3 is 1. The normalized spacial score (nSPS) is 12.9. The van der Waals surface area contributed by atoms with Gasteiger partial charge in [-0.05, 0) is 32.6 Å². The highest BCUT2D eigenvalue weighted by Crippen LogP contribution is 2.24. The Bertz CT molecular complexity index is 1230. The van der Waals surface area contributed by atoms with E-state index in [1.807, 2.05) is 0 Å². The van der Waals surface area contributed by atoms with Gasteiger partial charge in [-0.15, -0.1) is 0 Å². The van der Waals surface area contributed by atoms with Crippen LogP contribution < -0.4 is 38.1 Å². The molecule has 57 heavy (non-hydrogen) atoms. The first-order chi connectivity index (χ1) is 27.3. The molecule has 17 nitrogen and oxygen atoms in total. The minimum atomic E-state index is -1.12. The summed E-state index contributed by atoms with van der Waals surface area (Å²) in [6, 6.07) is -3.98. The van der Waals surface area contributed by atoms with E-state index in [9.17, 15) is 38.4 Å². The first-order valence-corrected chi connectivity index (χ1v) is 22.7. The number of Topliss-reactive ketones (excluding diaryl/α,β-unsaturated/α-hetero) is 1. The molecule has 4 unspecified atom stereocenters. The maximum Gasteiger partial charge on any atom is 0.325 e. The monoisotopic (exact) mass is 847 g/mol. The molecule has 0 aliphatic carbocycles. The van der Waals surface area contributed by atoms with Crippen molar-refractivity contribution in [2.45, 2.75) is 148 Å². The summed E-state index contributed by atoms with van der Waals surface area (Å²) in [6.45, 7) is 6.55. The van der Waals surface area contributed by atoms with Gasteiger partial charge in [0.25, 0.3) is 0 Å². The van der Waals surface area contributed by atoms with E-state index in [1.54, 1.807) is 6.92 Å². The highest BCUT2D eigenvalue weighted by Gasteiger charge is 2.26. The Balaban J connectivity index is 5.31. The highest BCUT2D eigenvalue weighted by atomic mass is 33.1. The lowest BCUT2D eigenvalue weighted by atomic mass is 10.1. The molecule has 0 spiro atoms. The number of nitrogens with one attached hydrogen (secondary N) is 5. The average molecular weight is 848 g/mol. The Kier molecular flexibility index (Phi) is 32.5. The fourth-order valence-corrected chi connectivity index (χ4v) is 7.50. The third-order valence-corrected chi connectivity index (χ3v) is 11.1. The third-order valence-electron chi connectivity index (χ3n) is 8.64. The maximum atomic E-state index is 13.1. The van der Waals surface area contributed by atoms with Gasteiger partial charge in [0, 0.05) is 43.9 Å². The van der Waals surface area contributed by atoms with Gasteiger partial charge in [0.1, 0.15) is 12.6 Å². The molecule has 19 heteroatoms. The number of carbonyl (C=O) groups excluding carboxylic acids is 8. The number of carbonyl (C=O) groups is 8. The van der Waals surface area contributed by atoms with Gasteiger partial charge < -0.3 is 47.5 Å². The summed E-state index contributed by atoms with van der Waals surface area (Å²) >= 11 is 0. The molecule has 0 aromatic rings. The molecule has 0 bridgehead atoms. The fraction of sp³-hybridized carbons (Fsp3) is 0.789. The summed E-state index contributed by atoms with van der Waals surface area (Å²) in [4.78, 5) is 100. The fourth-order valence-electron chi connectivity index (χ4n) is 5.14. The Labute approximate surface area is 346 Å². The first kappa shape index (κ1) is 53.6. The zero-order valence-electron chi connectivity index (χ0n) is 34.4. The van der Waals surface area contributed by atoms with E-state index in [0.29, 0.717) is 13.1 Å². The van der Waals surface area contributed by atoms with E-state index in [0.717, 1.165) is 85.8 Å². The van der Waals surface area contributed by atoms with Crippen molar-refractivity contribution in [2.75, 3.05) is 44.9 Å². The largest absolute Gasteiger partial charge is 0.469 e. The zero-order valence-corrected chi connectivity index (χ0v) is 36.1. The second-order valence-electron chi connectivity index (χ2n) is 13.6. The predicted octanol–water partition coefficient (Wildman–Crippen LogP) is 1.93. The molecule has 0 heterocycles. The molecule has 0 aliphatic rings. The standard InChI is InChI=1S/C38H69N7O10S2/c1-5-8-10-12-14-22-41-36(51)27(39)16-19-32(47)44-29(31(46)18-21-34(49)54-4)25-56-57-26-30(38(53)43-24-35(50)55-7-3)45-33(48)20-17-28(40)37(52)42-23-15-13-11-9-6-2/h27-30H,5-26,39-40H2,1-4H3,(H,41,51)(H,42,52)(H,43,53)(H,44,47)(H,45,48). The van der Waals surface area contributed by atoms with Crippen molar-refractivity contribution in [1.29, 1.82) is 0 Å². The van der Waals surface area contributed by atoms with Crippen molar-refractivity contribution in [1.82, 2.24) is 26.6 Å². The van der Waals surface area contributed by atoms with E-state index < -0.39 is 66.2 Å². The summed E-state index contributed by atoms with van der Waals surface area (Å²) in [5.41, 5.74) is 12.0. The average Bonchev–Trinajstić information content (AvgIpc) is 3.19. The number of hydrogen-bond donors (Lipinski definition) is 7. The summed E-state index contributed by atoms with van der Waals surface area (Å²) < 4.78 is 9.49.